The van der Waals surface area contributed by atoms with Crippen molar-refractivity contribution >= 4 is 17.2 Å². The van der Waals surface area contributed by atoms with Gasteiger partial charge in [-0.1, -0.05) is 6.07 Å². The Hall–Kier alpha value is -2.93. The maximum atomic E-state index is 12.0. The lowest BCUT2D eigenvalue weighted by Gasteiger charge is -2.09. The fourth-order valence-corrected chi connectivity index (χ4v) is 3.06. The van der Waals surface area contributed by atoms with E-state index in [1.54, 1.807) is 12.1 Å². The lowest BCUT2D eigenvalue weighted by molar-refractivity contribution is 0.0956. The van der Waals surface area contributed by atoms with Crippen molar-refractivity contribution in [2.75, 3.05) is 13.2 Å². The van der Waals surface area contributed by atoms with Crippen LogP contribution in [0.4, 0.5) is 0 Å². The summed E-state index contributed by atoms with van der Waals surface area (Å²) in [7, 11) is 0. The summed E-state index contributed by atoms with van der Waals surface area (Å²) in [5.41, 5.74) is 1.38. The number of amides is 1. The number of aromatic nitrogens is 2. The molecule has 1 amide bonds. The molecule has 0 saturated carbocycles. The van der Waals surface area contributed by atoms with E-state index >= 15 is 0 Å². The normalized spacial score (nSPS) is 10.5. The molecule has 0 aliphatic rings. The molecule has 134 valence electrons. The highest BCUT2D eigenvalue weighted by Gasteiger charge is 2.07. The first-order valence-electron chi connectivity index (χ1n) is 8.30. The van der Waals surface area contributed by atoms with Crippen molar-refractivity contribution < 1.29 is 9.53 Å². The van der Waals surface area contributed by atoms with Gasteiger partial charge >= 0.3 is 0 Å². The third-order valence-electron chi connectivity index (χ3n) is 3.68. The van der Waals surface area contributed by atoms with Gasteiger partial charge < -0.3 is 10.1 Å². The highest BCUT2D eigenvalue weighted by atomic mass is 32.1. The van der Waals surface area contributed by atoms with Gasteiger partial charge in [-0.15, -0.1) is 11.3 Å². The second-order valence-corrected chi connectivity index (χ2v) is 6.42. The van der Waals surface area contributed by atoms with Gasteiger partial charge in [0.2, 0.25) is 0 Å². The van der Waals surface area contributed by atoms with Crippen LogP contribution < -0.4 is 15.6 Å². The number of nitrogens with zero attached hydrogens (tertiary/aromatic N) is 2. The van der Waals surface area contributed by atoms with Crippen LogP contribution in [0.25, 0.3) is 11.3 Å². The summed E-state index contributed by atoms with van der Waals surface area (Å²) in [5.74, 6) is 0.650. The first-order chi connectivity index (χ1) is 12.7. The molecule has 1 aromatic carbocycles. The Bertz CT molecular complexity index is 918. The van der Waals surface area contributed by atoms with E-state index in [1.165, 1.54) is 22.1 Å². The van der Waals surface area contributed by atoms with Gasteiger partial charge in [0.15, 0.2) is 0 Å². The van der Waals surface area contributed by atoms with Crippen molar-refractivity contribution in [3.05, 3.63) is 69.1 Å². The van der Waals surface area contributed by atoms with Gasteiger partial charge in [-0.2, -0.15) is 5.10 Å². The Morgan fingerprint density at radius 2 is 2.00 bits per heavy atom. The average Bonchev–Trinajstić information content (AvgIpc) is 3.19. The first-order valence-corrected chi connectivity index (χ1v) is 9.18. The number of thiophene rings is 1. The zero-order valence-corrected chi connectivity index (χ0v) is 15.2. The van der Waals surface area contributed by atoms with Crippen LogP contribution in [-0.4, -0.2) is 28.8 Å². The van der Waals surface area contributed by atoms with E-state index in [2.05, 4.69) is 10.4 Å². The van der Waals surface area contributed by atoms with Crippen LogP contribution in [0, 0.1) is 0 Å². The molecular weight excluding hydrogens is 350 g/mol. The smallest absolute Gasteiger partial charge is 0.266 e. The summed E-state index contributed by atoms with van der Waals surface area (Å²) in [6, 6.07) is 14.3. The third kappa shape index (κ3) is 4.37. The molecule has 3 rings (SSSR count). The van der Waals surface area contributed by atoms with Crippen LogP contribution >= 0.6 is 11.3 Å². The van der Waals surface area contributed by atoms with Crippen LogP contribution in [0.1, 0.15) is 16.6 Å². The largest absolute Gasteiger partial charge is 0.494 e. The van der Waals surface area contributed by atoms with Gasteiger partial charge in [0.25, 0.3) is 11.5 Å². The van der Waals surface area contributed by atoms with Crippen molar-refractivity contribution in [1.29, 1.82) is 0 Å². The third-order valence-corrected chi connectivity index (χ3v) is 4.55. The Labute approximate surface area is 155 Å². The van der Waals surface area contributed by atoms with Crippen LogP contribution in [0.2, 0.25) is 0 Å². The molecule has 0 spiro atoms. The zero-order valence-electron chi connectivity index (χ0n) is 14.3. The summed E-state index contributed by atoms with van der Waals surface area (Å²) in [6.45, 7) is 3.18. The summed E-state index contributed by atoms with van der Waals surface area (Å²) < 4.78 is 6.79. The SMILES string of the molecule is CCOc1ccc(-c2ccc(=O)n(CCNC(=O)c3cccs3)n2)cc1. The lowest BCUT2D eigenvalue weighted by Crippen LogP contribution is -2.31. The van der Waals surface area contributed by atoms with E-state index in [-0.39, 0.29) is 11.5 Å². The van der Waals surface area contributed by atoms with E-state index in [0.29, 0.717) is 30.3 Å². The standard InChI is InChI=1S/C19H19N3O3S/c1-2-25-15-7-5-14(6-8-15)16-9-10-18(23)22(21-16)12-11-20-19(24)17-4-3-13-26-17/h3-10,13H,2,11-12H2,1H3,(H,20,24). The van der Waals surface area contributed by atoms with Crippen LogP contribution in [0.3, 0.4) is 0 Å². The molecule has 7 heteroatoms. The summed E-state index contributed by atoms with van der Waals surface area (Å²) >= 11 is 1.38. The molecule has 0 atom stereocenters. The minimum Gasteiger partial charge on any atom is -0.494 e. The topological polar surface area (TPSA) is 73.2 Å². The van der Waals surface area contributed by atoms with Gasteiger partial charge in [-0.05, 0) is 48.7 Å². The number of carbonyl (C=O) groups is 1. The predicted octanol–water partition coefficient (Wildman–Crippen LogP) is 2.80. The molecule has 0 aliphatic carbocycles. The van der Waals surface area contributed by atoms with Crippen LogP contribution in [-0.2, 0) is 6.54 Å². The Morgan fingerprint density at radius 3 is 2.69 bits per heavy atom. The van der Waals surface area contributed by atoms with Gasteiger partial charge in [-0.3, -0.25) is 9.59 Å². The Kier molecular flexibility index (Phi) is 5.80. The highest BCUT2D eigenvalue weighted by Crippen LogP contribution is 2.19. The molecular formula is C19H19N3O3S. The fourth-order valence-electron chi connectivity index (χ4n) is 2.42. The number of benzene rings is 1. The molecule has 0 fully saturated rings. The van der Waals surface area contributed by atoms with Crippen LogP contribution in [0.15, 0.2) is 58.7 Å². The average molecular weight is 369 g/mol. The number of hydrogen-bond acceptors (Lipinski definition) is 5. The van der Waals surface area contributed by atoms with Crippen molar-refractivity contribution in [3.63, 3.8) is 0 Å². The maximum absolute atomic E-state index is 12.0. The van der Waals surface area contributed by atoms with E-state index in [1.807, 2.05) is 42.6 Å². The van der Waals surface area contributed by atoms with Crippen molar-refractivity contribution in [3.8, 4) is 17.0 Å². The minimum atomic E-state index is -0.204. The molecule has 1 N–H and O–H groups in total. The lowest BCUT2D eigenvalue weighted by atomic mass is 10.1. The molecule has 3 aromatic rings. The minimum absolute atomic E-state index is 0.143. The highest BCUT2D eigenvalue weighted by molar-refractivity contribution is 7.12. The summed E-state index contributed by atoms with van der Waals surface area (Å²) in [6.07, 6.45) is 0. The molecule has 2 heterocycles. The molecule has 0 radical (unpaired) electrons. The van der Waals surface area contributed by atoms with Gasteiger partial charge in [0.05, 0.1) is 23.7 Å². The van der Waals surface area contributed by atoms with Gasteiger partial charge in [0, 0.05) is 18.2 Å². The zero-order chi connectivity index (χ0) is 18.4. The molecule has 0 saturated heterocycles. The number of carbonyl (C=O) groups excluding carboxylic acids is 1. The quantitative estimate of drug-likeness (QED) is 0.695. The Balaban J connectivity index is 1.67. The van der Waals surface area contributed by atoms with E-state index in [9.17, 15) is 9.59 Å². The van der Waals surface area contributed by atoms with E-state index in [4.69, 9.17) is 4.74 Å². The molecule has 0 bridgehead atoms. The molecule has 0 aliphatic heterocycles. The predicted molar refractivity (Wildman–Crippen MR) is 102 cm³/mol. The summed E-state index contributed by atoms with van der Waals surface area (Å²) in [4.78, 5) is 24.6. The monoisotopic (exact) mass is 369 g/mol. The number of ether oxygens (including phenoxy) is 1. The van der Waals surface area contributed by atoms with E-state index < -0.39 is 0 Å². The van der Waals surface area contributed by atoms with Crippen molar-refractivity contribution in [2.24, 2.45) is 0 Å². The van der Waals surface area contributed by atoms with E-state index in [0.717, 1.165) is 11.3 Å². The van der Waals surface area contributed by atoms with Gasteiger partial charge in [-0.25, -0.2) is 4.68 Å². The first kappa shape index (κ1) is 17.9. The number of nitrogens with one attached hydrogen (secondary N) is 1. The fraction of sp³-hybridized carbons (Fsp3) is 0.211. The number of hydrogen-bond donors (Lipinski definition) is 1. The van der Waals surface area contributed by atoms with Gasteiger partial charge in [0.1, 0.15) is 5.75 Å². The maximum Gasteiger partial charge on any atom is 0.266 e. The van der Waals surface area contributed by atoms with Crippen molar-refractivity contribution in [1.82, 2.24) is 15.1 Å². The molecule has 26 heavy (non-hydrogen) atoms. The molecule has 2 aromatic heterocycles. The molecule has 0 unspecified atom stereocenters. The Morgan fingerprint density at radius 1 is 1.19 bits per heavy atom. The summed E-state index contributed by atoms with van der Waals surface area (Å²) in [5, 5.41) is 9.04. The second-order valence-electron chi connectivity index (χ2n) is 5.47. The second kappa shape index (κ2) is 8.44. The van der Waals surface area contributed by atoms with Crippen LogP contribution in [0.5, 0.6) is 5.75 Å². The number of rotatable bonds is 7. The van der Waals surface area contributed by atoms with Crippen molar-refractivity contribution in [2.45, 2.75) is 13.5 Å². The molecule has 6 nitrogen and oxygen atoms in total.